The van der Waals surface area contributed by atoms with E-state index in [9.17, 15) is 4.79 Å². The number of hydrogen-bond donors (Lipinski definition) is 1. The second-order valence-electron chi connectivity index (χ2n) is 10.1. The van der Waals surface area contributed by atoms with Crippen molar-refractivity contribution < 1.29 is 9.53 Å². The topological polar surface area (TPSA) is 85.2 Å². The van der Waals surface area contributed by atoms with Gasteiger partial charge in [0.2, 0.25) is 0 Å². The molecular weight excluding hydrogens is 428 g/mol. The number of carbonyl (C=O) groups excluding carboxylic acids is 1. The zero-order chi connectivity index (χ0) is 24.3. The van der Waals surface area contributed by atoms with Gasteiger partial charge < -0.3 is 10.1 Å². The van der Waals surface area contributed by atoms with Crippen molar-refractivity contribution in [1.29, 1.82) is 0 Å². The highest BCUT2D eigenvalue weighted by atomic mass is 16.5. The molecule has 2 aromatic carbocycles. The van der Waals surface area contributed by atoms with Crippen LogP contribution in [-0.4, -0.2) is 69.9 Å². The zero-order valence-electron chi connectivity index (χ0n) is 20.7. The van der Waals surface area contributed by atoms with E-state index in [2.05, 4.69) is 77.7 Å². The number of aryl methyl sites for hydroxylation is 1. The van der Waals surface area contributed by atoms with Crippen LogP contribution in [-0.2, 0) is 10.2 Å². The Morgan fingerprint density at radius 1 is 1.09 bits per heavy atom. The molecule has 1 fully saturated rings. The number of hydrogen-bond acceptors (Lipinski definition) is 6. The van der Waals surface area contributed by atoms with Crippen molar-refractivity contribution in [2.45, 2.75) is 46.1 Å². The summed E-state index contributed by atoms with van der Waals surface area (Å²) in [5, 5.41) is 15.6. The first-order valence-electron chi connectivity index (χ1n) is 11.8. The largest absolute Gasteiger partial charge is 0.379 e. The molecular formula is C26H34N6O2. The van der Waals surface area contributed by atoms with Crippen molar-refractivity contribution in [3.8, 4) is 16.8 Å². The van der Waals surface area contributed by atoms with Gasteiger partial charge in [0.15, 0.2) is 5.82 Å². The fourth-order valence-corrected chi connectivity index (χ4v) is 4.13. The van der Waals surface area contributed by atoms with E-state index in [-0.39, 0.29) is 17.4 Å². The van der Waals surface area contributed by atoms with E-state index in [0.717, 1.165) is 55.5 Å². The molecule has 180 valence electrons. The summed E-state index contributed by atoms with van der Waals surface area (Å²) in [4.78, 5) is 15.6. The van der Waals surface area contributed by atoms with E-state index in [1.54, 1.807) is 4.68 Å². The molecule has 4 rings (SSSR count). The Kier molecular flexibility index (Phi) is 7.09. The Hall–Kier alpha value is -3.10. The number of tetrazole rings is 1. The number of amides is 1. The molecule has 2 heterocycles. The van der Waals surface area contributed by atoms with Gasteiger partial charge in [0.05, 0.1) is 18.9 Å². The van der Waals surface area contributed by atoms with E-state index < -0.39 is 0 Å². The first-order valence-corrected chi connectivity index (χ1v) is 11.8. The van der Waals surface area contributed by atoms with Crippen LogP contribution in [0.5, 0.6) is 0 Å². The summed E-state index contributed by atoms with van der Waals surface area (Å²) >= 11 is 0. The highest BCUT2D eigenvalue weighted by molar-refractivity contribution is 5.96. The first-order chi connectivity index (χ1) is 16.2. The van der Waals surface area contributed by atoms with Crippen LogP contribution in [0.1, 0.15) is 49.4 Å². The molecule has 1 unspecified atom stereocenters. The molecule has 1 atom stereocenters. The van der Waals surface area contributed by atoms with Crippen LogP contribution in [0.3, 0.4) is 0 Å². The van der Waals surface area contributed by atoms with Gasteiger partial charge in [0.1, 0.15) is 0 Å². The third-order valence-electron chi connectivity index (χ3n) is 5.96. The number of carbonyl (C=O) groups is 1. The molecule has 1 aliphatic heterocycles. The van der Waals surface area contributed by atoms with E-state index in [1.807, 2.05) is 25.1 Å². The monoisotopic (exact) mass is 462 g/mol. The molecule has 0 radical (unpaired) electrons. The van der Waals surface area contributed by atoms with Gasteiger partial charge in [-0.1, -0.05) is 50.6 Å². The molecule has 0 aliphatic carbocycles. The second kappa shape index (κ2) is 10.0. The maximum absolute atomic E-state index is 13.3. The molecule has 34 heavy (non-hydrogen) atoms. The van der Waals surface area contributed by atoms with Crippen molar-refractivity contribution >= 4 is 5.91 Å². The van der Waals surface area contributed by atoms with E-state index in [4.69, 9.17) is 4.74 Å². The average molecular weight is 463 g/mol. The van der Waals surface area contributed by atoms with Gasteiger partial charge in [0.25, 0.3) is 5.91 Å². The fraction of sp³-hybridized carbons (Fsp3) is 0.462. The minimum Gasteiger partial charge on any atom is -0.379 e. The predicted octanol–water partition coefficient (Wildman–Crippen LogP) is 3.39. The molecule has 8 nitrogen and oxygen atoms in total. The molecule has 0 spiro atoms. The van der Waals surface area contributed by atoms with Gasteiger partial charge in [-0.15, -0.1) is 5.10 Å². The minimum atomic E-state index is -0.252. The summed E-state index contributed by atoms with van der Waals surface area (Å²) in [5.74, 6) is 0.627. The number of morpholine rings is 1. The number of rotatable bonds is 6. The lowest BCUT2D eigenvalue weighted by Gasteiger charge is -2.29. The Labute approximate surface area is 201 Å². The molecule has 0 bridgehead atoms. The summed E-state index contributed by atoms with van der Waals surface area (Å²) in [6, 6.07) is 14.1. The Balaban J connectivity index is 1.66. The molecule has 3 aromatic rings. The van der Waals surface area contributed by atoms with Crippen LogP contribution in [0.25, 0.3) is 16.8 Å². The lowest BCUT2D eigenvalue weighted by atomic mass is 9.95. The van der Waals surface area contributed by atoms with Crippen LogP contribution in [0.2, 0.25) is 0 Å². The normalized spacial score (nSPS) is 15.8. The van der Waals surface area contributed by atoms with Gasteiger partial charge in [-0.3, -0.25) is 9.69 Å². The van der Waals surface area contributed by atoms with Gasteiger partial charge in [0, 0.05) is 36.7 Å². The van der Waals surface area contributed by atoms with Gasteiger partial charge in [-0.2, -0.15) is 4.68 Å². The Morgan fingerprint density at radius 2 is 1.79 bits per heavy atom. The van der Waals surface area contributed by atoms with Crippen LogP contribution >= 0.6 is 0 Å². The van der Waals surface area contributed by atoms with Gasteiger partial charge in [-0.05, 0) is 53.6 Å². The fourth-order valence-electron chi connectivity index (χ4n) is 4.13. The molecule has 1 amide bonds. The average Bonchev–Trinajstić information content (AvgIpc) is 3.31. The summed E-state index contributed by atoms with van der Waals surface area (Å²) in [6.45, 7) is 14.4. The first kappa shape index (κ1) is 24.0. The van der Waals surface area contributed by atoms with E-state index >= 15 is 0 Å². The summed E-state index contributed by atoms with van der Waals surface area (Å²) in [6.07, 6.45) is 0. The van der Waals surface area contributed by atoms with E-state index in [1.165, 1.54) is 5.56 Å². The van der Waals surface area contributed by atoms with Crippen LogP contribution < -0.4 is 5.32 Å². The maximum Gasteiger partial charge on any atom is 0.251 e. The quantitative estimate of drug-likeness (QED) is 0.605. The van der Waals surface area contributed by atoms with Crippen molar-refractivity contribution in [2.75, 3.05) is 32.8 Å². The van der Waals surface area contributed by atoms with Crippen LogP contribution in [0.15, 0.2) is 42.5 Å². The molecule has 0 saturated carbocycles. The van der Waals surface area contributed by atoms with Crippen molar-refractivity contribution in [3.05, 3.63) is 59.4 Å². The maximum atomic E-state index is 13.3. The van der Waals surface area contributed by atoms with Crippen molar-refractivity contribution in [1.82, 2.24) is 30.4 Å². The van der Waals surface area contributed by atoms with Gasteiger partial charge >= 0.3 is 0 Å². The highest BCUT2D eigenvalue weighted by Gasteiger charge is 2.24. The second-order valence-corrected chi connectivity index (χ2v) is 10.1. The molecule has 1 saturated heterocycles. The van der Waals surface area contributed by atoms with E-state index in [0.29, 0.717) is 5.56 Å². The third-order valence-corrected chi connectivity index (χ3v) is 5.96. The van der Waals surface area contributed by atoms with Crippen LogP contribution in [0, 0.1) is 6.92 Å². The smallest absolute Gasteiger partial charge is 0.251 e. The zero-order valence-corrected chi connectivity index (χ0v) is 20.7. The molecule has 1 aliphatic rings. The number of ether oxygens (including phenoxy) is 1. The summed E-state index contributed by atoms with van der Waals surface area (Å²) in [5.41, 5.74) is 4.26. The number of nitrogens with one attached hydrogen (secondary N) is 1. The van der Waals surface area contributed by atoms with Crippen LogP contribution in [0.4, 0.5) is 0 Å². The predicted molar refractivity (Wildman–Crippen MR) is 132 cm³/mol. The SMILES string of the molecule is Cc1ccc(-c2cc(C(=O)NC(C)CN3CCOCC3)cc(-n3nnnc3C(C)(C)C)c2)cc1. The molecule has 1 N–H and O–H groups in total. The van der Waals surface area contributed by atoms with Gasteiger partial charge in [-0.25, -0.2) is 0 Å². The number of nitrogens with zero attached hydrogens (tertiary/aromatic N) is 5. The Morgan fingerprint density at radius 3 is 2.47 bits per heavy atom. The molecule has 1 aromatic heterocycles. The lowest BCUT2D eigenvalue weighted by molar-refractivity contribution is 0.0342. The minimum absolute atomic E-state index is 0.00949. The molecule has 8 heteroatoms. The number of aromatic nitrogens is 4. The van der Waals surface area contributed by atoms with Crippen molar-refractivity contribution in [2.24, 2.45) is 0 Å². The number of benzene rings is 2. The summed E-state index contributed by atoms with van der Waals surface area (Å²) < 4.78 is 7.16. The van der Waals surface area contributed by atoms with Crippen molar-refractivity contribution in [3.63, 3.8) is 0 Å². The summed E-state index contributed by atoms with van der Waals surface area (Å²) in [7, 11) is 0. The third kappa shape index (κ3) is 5.69. The lowest BCUT2D eigenvalue weighted by Crippen LogP contribution is -2.46. The highest BCUT2D eigenvalue weighted by Crippen LogP contribution is 2.27. The Bertz CT molecular complexity index is 1130. The standard InChI is InChI=1S/C26H34N6O2/c1-18-6-8-20(9-7-18)21-14-22(24(33)27-19(2)17-31-10-12-34-13-11-31)16-23(15-21)32-25(26(3,4)5)28-29-30-32/h6-9,14-16,19H,10-13,17H2,1-5H3,(H,27,33).